The van der Waals surface area contributed by atoms with Crippen molar-refractivity contribution in [2.24, 2.45) is 5.92 Å². The minimum Gasteiger partial charge on any atom is -0.479 e. The molecule has 4 atom stereocenters. The molecule has 0 saturated carbocycles. The Bertz CT molecular complexity index is 439. The van der Waals surface area contributed by atoms with Crippen LogP contribution in [0.4, 0.5) is 4.39 Å². The molecule has 0 bridgehead atoms. The molecule has 1 aliphatic heterocycles. The van der Waals surface area contributed by atoms with Gasteiger partial charge in [-0.2, -0.15) is 0 Å². The number of likely N-dealkylation sites (tertiary alicyclic amines) is 1. The number of carboxylic acid groups (broad SMARTS) is 1. The van der Waals surface area contributed by atoms with Crippen molar-refractivity contribution < 1.29 is 28.6 Å². The highest BCUT2D eigenvalue weighted by Gasteiger charge is 2.65. The maximum atomic E-state index is 13.8. The molecule has 1 N–H and O–H groups in total. The zero-order valence-corrected chi connectivity index (χ0v) is 12.8. The number of halogens is 1. The van der Waals surface area contributed by atoms with Crippen LogP contribution in [0, 0.1) is 5.92 Å². The first-order valence-electron chi connectivity index (χ1n) is 7.11. The van der Waals surface area contributed by atoms with E-state index in [2.05, 4.69) is 0 Å². The van der Waals surface area contributed by atoms with Crippen molar-refractivity contribution in [3.8, 4) is 0 Å². The van der Waals surface area contributed by atoms with Crippen LogP contribution in [0.3, 0.4) is 0 Å². The average molecular weight is 303 g/mol. The number of carbonyl (C=O) groups excluding carboxylic acids is 2. The Morgan fingerprint density at radius 3 is 2.48 bits per heavy atom. The molecule has 1 rings (SSSR count). The van der Waals surface area contributed by atoms with Crippen molar-refractivity contribution in [2.75, 3.05) is 6.61 Å². The van der Waals surface area contributed by atoms with Gasteiger partial charge in [-0.05, 0) is 20.3 Å². The average Bonchev–Trinajstić information content (AvgIpc) is 2.63. The third-order valence-electron chi connectivity index (χ3n) is 4.04. The monoisotopic (exact) mass is 303 g/mol. The van der Waals surface area contributed by atoms with Gasteiger partial charge in [0.2, 0.25) is 11.4 Å². The SMILES string of the molecule is CCOC(=O)C1(C(=O)O)C(C)CC(=O)N1C(CC)[C@@H](C)F. The van der Waals surface area contributed by atoms with Gasteiger partial charge in [0.25, 0.3) is 0 Å². The zero-order chi connectivity index (χ0) is 16.4. The summed E-state index contributed by atoms with van der Waals surface area (Å²) in [5.41, 5.74) is -2.14. The van der Waals surface area contributed by atoms with Gasteiger partial charge >= 0.3 is 11.9 Å². The fourth-order valence-electron chi connectivity index (χ4n) is 3.04. The van der Waals surface area contributed by atoms with Crippen LogP contribution in [0.2, 0.25) is 0 Å². The number of esters is 1. The van der Waals surface area contributed by atoms with E-state index in [1.165, 1.54) is 13.8 Å². The highest BCUT2D eigenvalue weighted by molar-refractivity contribution is 6.10. The lowest BCUT2D eigenvalue weighted by molar-refractivity contribution is -0.178. The summed E-state index contributed by atoms with van der Waals surface area (Å²) < 4.78 is 18.7. The van der Waals surface area contributed by atoms with Crippen molar-refractivity contribution in [1.29, 1.82) is 0 Å². The molecule has 0 spiro atoms. The third kappa shape index (κ3) is 2.61. The molecule has 0 aromatic rings. The topological polar surface area (TPSA) is 83.9 Å². The van der Waals surface area contributed by atoms with Crippen LogP contribution in [0.5, 0.6) is 0 Å². The van der Waals surface area contributed by atoms with Crippen LogP contribution in [0.1, 0.15) is 40.5 Å². The van der Waals surface area contributed by atoms with Crippen molar-refractivity contribution in [3.05, 3.63) is 0 Å². The maximum Gasteiger partial charge on any atom is 0.344 e. The van der Waals surface area contributed by atoms with E-state index in [1.807, 2.05) is 0 Å². The number of amides is 1. The van der Waals surface area contributed by atoms with Crippen molar-refractivity contribution >= 4 is 17.8 Å². The lowest BCUT2D eigenvalue weighted by Gasteiger charge is -2.40. The lowest BCUT2D eigenvalue weighted by atomic mass is 9.84. The molecule has 1 amide bonds. The van der Waals surface area contributed by atoms with Gasteiger partial charge < -0.3 is 14.7 Å². The van der Waals surface area contributed by atoms with Crippen LogP contribution < -0.4 is 0 Å². The van der Waals surface area contributed by atoms with E-state index < -0.39 is 41.5 Å². The summed E-state index contributed by atoms with van der Waals surface area (Å²) in [5.74, 6) is -3.79. The number of carbonyl (C=O) groups is 3. The Morgan fingerprint density at radius 1 is 1.52 bits per heavy atom. The largest absolute Gasteiger partial charge is 0.479 e. The van der Waals surface area contributed by atoms with Gasteiger partial charge in [0.05, 0.1) is 12.6 Å². The molecule has 120 valence electrons. The standard InChI is InChI=1S/C14H22FNO5/c1-5-10(9(4)15)16-11(17)7-8(3)14(16,12(18)19)13(20)21-6-2/h8-10H,5-7H2,1-4H3,(H,18,19)/t8?,9-,10?,14?/m1/s1. The summed E-state index contributed by atoms with van der Waals surface area (Å²) in [4.78, 5) is 37.2. The van der Waals surface area contributed by atoms with Crippen molar-refractivity contribution in [2.45, 2.75) is 58.3 Å². The van der Waals surface area contributed by atoms with E-state index >= 15 is 0 Å². The van der Waals surface area contributed by atoms with Crippen LogP contribution in [-0.4, -0.2) is 52.2 Å². The van der Waals surface area contributed by atoms with Crippen LogP contribution in [0.25, 0.3) is 0 Å². The fraction of sp³-hybridized carbons (Fsp3) is 0.786. The van der Waals surface area contributed by atoms with Gasteiger partial charge in [0.15, 0.2) is 0 Å². The minimum atomic E-state index is -2.14. The molecule has 21 heavy (non-hydrogen) atoms. The van der Waals surface area contributed by atoms with E-state index in [1.54, 1.807) is 13.8 Å². The molecular formula is C14H22FNO5. The first-order valence-corrected chi connectivity index (χ1v) is 7.11. The van der Waals surface area contributed by atoms with Crippen LogP contribution in [0.15, 0.2) is 0 Å². The molecule has 0 radical (unpaired) electrons. The lowest BCUT2D eigenvalue weighted by Crippen LogP contribution is -2.65. The normalized spacial score (nSPS) is 28.3. The molecule has 1 saturated heterocycles. The highest BCUT2D eigenvalue weighted by Crippen LogP contribution is 2.40. The molecular weight excluding hydrogens is 281 g/mol. The smallest absolute Gasteiger partial charge is 0.344 e. The third-order valence-corrected chi connectivity index (χ3v) is 4.04. The summed E-state index contributed by atoms with van der Waals surface area (Å²) in [6.45, 7) is 5.94. The number of carboxylic acids is 1. The second-order valence-corrected chi connectivity index (χ2v) is 5.31. The number of alkyl halides is 1. The summed E-state index contributed by atoms with van der Waals surface area (Å²) in [5, 5.41) is 9.63. The summed E-state index contributed by atoms with van der Waals surface area (Å²) >= 11 is 0. The molecule has 0 aliphatic carbocycles. The van der Waals surface area contributed by atoms with Gasteiger partial charge in [-0.1, -0.05) is 13.8 Å². The van der Waals surface area contributed by atoms with Crippen molar-refractivity contribution in [3.63, 3.8) is 0 Å². The Hall–Kier alpha value is -1.66. The van der Waals surface area contributed by atoms with Gasteiger partial charge in [-0.25, -0.2) is 14.0 Å². The quantitative estimate of drug-likeness (QED) is 0.592. The van der Waals surface area contributed by atoms with Gasteiger partial charge in [-0.3, -0.25) is 4.79 Å². The number of hydrogen-bond acceptors (Lipinski definition) is 4. The van der Waals surface area contributed by atoms with Crippen LogP contribution in [-0.2, 0) is 19.1 Å². The number of aliphatic carboxylic acids is 1. The summed E-state index contributed by atoms with van der Waals surface area (Å²) in [7, 11) is 0. The molecule has 1 fully saturated rings. The first kappa shape index (κ1) is 17.4. The minimum absolute atomic E-state index is 0.00934. The predicted molar refractivity (Wildman–Crippen MR) is 72.3 cm³/mol. The van der Waals surface area contributed by atoms with Gasteiger partial charge in [0, 0.05) is 12.3 Å². The Kier molecular flexibility index (Phi) is 5.31. The zero-order valence-electron chi connectivity index (χ0n) is 12.8. The molecule has 0 aromatic heterocycles. The summed E-state index contributed by atoms with van der Waals surface area (Å²) in [6.07, 6.45) is -1.35. The van der Waals surface area contributed by atoms with Crippen molar-refractivity contribution in [1.82, 2.24) is 4.90 Å². The maximum absolute atomic E-state index is 13.8. The summed E-state index contributed by atoms with van der Waals surface area (Å²) in [6, 6.07) is -0.969. The Morgan fingerprint density at radius 2 is 2.10 bits per heavy atom. The first-order chi connectivity index (χ1) is 9.74. The van der Waals surface area contributed by atoms with E-state index in [4.69, 9.17) is 4.74 Å². The van der Waals surface area contributed by atoms with Gasteiger partial charge in [0.1, 0.15) is 6.17 Å². The molecule has 0 aromatic carbocycles. The second-order valence-electron chi connectivity index (χ2n) is 5.31. The highest BCUT2D eigenvalue weighted by atomic mass is 19.1. The molecule has 6 nitrogen and oxygen atoms in total. The second kappa shape index (κ2) is 6.41. The van der Waals surface area contributed by atoms with Gasteiger partial charge in [-0.15, -0.1) is 0 Å². The van der Waals surface area contributed by atoms with E-state index in [9.17, 15) is 23.9 Å². The number of hydrogen-bond donors (Lipinski definition) is 1. The Balaban J connectivity index is 3.44. The number of rotatable bonds is 6. The van der Waals surface area contributed by atoms with E-state index in [0.29, 0.717) is 0 Å². The van der Waals surface area contributed by atoms with Crippen LogP contribution >= 0.6 is 0 Å². The van der Waals surface area contributed by atoms with E-state index in [-0.39, 0.29) is 19.4 Å². The molecule has 7 heteroatoms. The molecule has 1 heterocycles. The number of ether oxygens (including phenoxy) is 1. The Labute approximate surface area is 123 Å². The predicted octanol–water partition coefficient (Wildman–Crippen LogP) is 1.38. The molecule has 1 aliphatic rings. The fourth-order valence-corrected chi connectivity index (χ4v) is 3.04. The number of nitrogens with zero attached hydrogens (tertiary/aromatic N) is 1. The molecule has 3 unspecified atom stereocenters. The van der Waals surface area contributed by atoms with E-state index in [0.717, 1.165) is 4.90 Å².